The highest BCUT2D eigenvalue weighted by Gasteiger charge is 2.30. The summed E-state index contributed by atoms with van der Waals surface area (Å²) in [5.41, 5.74) is 0. The van der Waals surface area contributed by atoms with E-state index >= 15 is 0 Å². The zero-order valence-electron chi connectivity index (χ0n) is 59.5. The molecule has 540 valence electrons. The van der Waals surface area contributed by atoms with Gasteiger partial charge in [0.2, 0.25) is 0 Å². The van der Waals surface area contributed by atoms with E-state index in [4.69, 9.17) is 37.0 Å². The first kappa shape index (κ1) is 89.1. The molecule has 0 fully saturated rings. The van der Waals surface area contributed by atoms with Gasteiger partial charge in [-0.25, -0.2) is 9.13 Å². The molecule has 0 bridgehead atoms. The molecular formula is C72H140O17P2. The monoisotopic (exact) mass is 1340 g/mol. The molecule has 0 heterocycles. The second kappa shape index (κ2) is 61.6. The normalized spacial score (nSPS) is 14.5. The van der Waals surface area contributed by atoms with Crippen LogP contribution in [0.4, 0.5) is 0 Å². The van der Waals surface area contributed by atoms with E-state index in [0.29, 0.717) is 25.7 Å². The Morgan fingerprint density at radius 2 is 0.527 bits per heavy atom. The maximum Gasteiger partial charge on any atom is 0.472 e. The van der Waals surface area contributed by atoms with E-state index in [-0.39, 0.29) is 25.7 Å². The van der Waals surface area contributed by atoms with E-state index in [1.807, 2.05) is 0 Å². The smallest absolute Gasteiger partial charge is 0.462 e. The number of rotatable bonds is 69. The second-order valence-electron chi connectivity index (χ2n) is 27.6. The summed E-state index contributed by atoms with van der Waals surface area (Å²) >= 11 is 0. The SMILES string of the molecule is CCC(C)CCCCCCCCC(=O)O[C@H](COC(=O)CCCCCCCCCCC(C)C)COP(=O)(O)OCC(O)COP(=O)(O)OC[C@@H](COC(=O)CCCCCCCCCCCCCCCCCC(C)C)OC(=O)CCCCCCCCCCCC(C)C. The minimum atomic E-state index is -4.95. The molecule has 17 nitrogen and oxygen atoms in total. The van der Waals surface area contributed by atoms with E-state index < -0.39 is 97.5 Å². The molecule has 0 aromatic carbocycles. The van der Waals surface area contributed by atoms with Gasteiger partial charge < -0.3 is 33.8 Å². The highest BCUT2D eigenvalue weighted by Crippen LogP contribution is 2.45. The van der Waals surface area contributed by atoms with Gasteiger partial charge in [0.15, 0.2) is 12.2 Å². The molecule has 0 aromatic rings. The van der Waals surface area contributed by atoms with Gasteiger partial charge >= 0.3 is 39.5 Å². The molecule has 0 saturated heterocycles. The van der Waals surface area contributed by atoms with Crippen molar-refractivity contribution in [2.24, 2.45) is 23.7 Å². The molecule has 3 N–H and O–H groups in total. The highest BCUT2D eigenvalue weighted by atomic mass is 31.2. The Labute approximate surface area is 556 Å². The van der Waals surface area contributed by atoms with Gasteiger partial charge in [0, 0.05) is 25.7 Å². The second-order valence-corrected chi connectivity index (χ2v) is 30.6. The number of ether oxygens (including phenoxy) is 4. The Kier molecular flexibility index (Phi) is 60.3. The third-order valence-corrected chi connectivity index (χ3v) is 18.8. The summed E-state index contributed by atoms with van der Waals surface area (Å²) < 4.78 is 68.3. The van der Waals surface area contributed by atoms with Crippen molar-refractivity contribution < 1.29 is 80.2 Å². The fourth-order valence-corrected chi connectivity index (χ4v) is 12.4. The number of carbonyl (C=O) groups excluding carboxylic acids is 4. The van der Waals surface area contributed by atoms with Crippen LogP contribution in [0.3, 0.4) is 0 Å². The number of phosphoric acid groups is 2. The lowest BCUT2D eigenvalue weighted by Gasteiger charge is -2.21. The quantitative estimate of drug-likeness (QED) is 0.0222. The molecule has 6 atom stereocenters. The van der Waals surface area contributed by atoms with Crippen LogP contribution in [0.5, 0.6) is 0 Å². The first-order valence-electron chi connectivity index (χ1n) is 37.2. The van der Waals surface area contributed by atoms with Crippen LogP contribution in [0.15, 0.2) is 0 Å². The zero-order chi connectivity index (χ0) is 67.5. The van der Waals surface area contributed by atoms with Gasteiger partial charge in [-0.1, -0.05) is 306 Å². The lowest BCUT2D eigenvalue weighted by atomic mass is 10.00. The van der Waals surface area contributed by atoms with Crippen LogP contribution < -0.4 is 0 Å². The molecule has 0 rings (SSSR count). The highest BCUT2D eigenvalue weighted by molar-refractivity contribution is 7.47. The summed E-state index contributed by atoms with van der Waals surface area (Å²) in [6.45, 7) is 14.1. The van der Waals surface area contributed by atoms with Crippen molar-refractivity contribution in [3.63, 3.8) is 0 Å². The molecule has 0 spiro atoms. The van der Waals surface area contributed by atoms with Gasteiger partial charge in [-0.3, -0.25) is 37.3 Å². The summed E-state index contributed by atoms with van der Waals surface area (Å²) in [6, 6.07) is 0. The Balaban J connectivity index is 5.21. The largest absolute Gasteiger partial charge is 0.472 e. The number of aliphatic hydroxyl groups excluding tert-OH is 1. The van der Waals surface area contributed by atoms with Crippen LogP contribution in [-0.4, -0.2) is 96.7 Å². The molecule has 19 heteroatoms. The third kappa shape index (κ3) is 65.1. The van der Waals surface area contributed by atoms with E-state index in [0.717, 1.165) is 114 Å². The van der Waals surface area contributed by atoms with Crippen LogP contribution >= 0.6 is 15.6 Å². The van der Waals surface area contributed by atoms with Crippen LogP contribution in [0.25, 0.3) is 0 Å². The molecule has 4 unspecified atom stereocenters. The van der Waals surface area contributed by atoms with Crippen LogP contribution in [0, 0.1) is 23.7 Å². The summed E-state index contributed by atoms with van der Waals surface area (Å²) in [7, 11) is -9.90. The lowest BCUT2D eigenvalue weighted by molar-refractivity contribution is -0.161. The van der Waals surface area contributed by atoms with Crippen molar-refractivity contribution in [1.29, 1.82) is 0 Å². The lowest BCUT2D eigenvalue weighted by Crippen LogP contribution is -2.30. The van der Waals surface area contributed by atoms with Crippen molar-refractivity contribution in [1.82, 2.24) is 0 Å². The van der Waals surface area contributed by atoms with Crippen LogP contribution in [0.1, 0.15) is 357 Å². The number of phosphoric ester groups is 2. The molecule has 0 aliphatic rings. The summed E-state index contributed by atoms with van der Waals surface area (Å²) in [6.07, 6.45) is 44.6. The Bertz CT molecular complexity index is 1800. The number of hydrogen-bond donors (Lipinski definition) is 3. The van der Waals surface area contributed by atoms with Gasteiger partial charge in [0.25, 0.3) is 0 Å². The number of esters is 4. The van der Waals surface area contributed by atoms with Crippen molar-refractivity contribution in [2.45, 2.75) is 375 Å². The Morgan fingerprint density at radius 3 is 0.780 bits per heavy atom. The molecule has 0 aliphatic heterocycles. The molecule has 91 heavy (non-hydrogen) atoms. The van der Waals surface area contributed by atoms with E-state index in [9.17, 15) is 43.2 Å². The van der Waals surface area contributed by atoms with Crippen LogP contribution in [0.2, 0.25) is 0 Å². The maximum atomic E-state index is 13.0. The van der Waals surface area contributed by atoms with Crippen molar-refractivity contribution in [3.05, 3.63) is 0 Å². The van der Waals surface area contributed by atoms with Crippen molar-refractivity contribution >= 4 is 39.5 Å². The summed E-state index contributed by atoms with van der Waals surface area (Å²) in [5, 5.41) is 10.6. The summed E-state index contributed by atoms with van der Waals surface area (Å²) in [4.78, 5) is 72.6. The first-order valence-corrected chi connectivity index (χ1v) is 40.2. The minimum Gasteiger partial charge on any atom is -0.462 e. The molecule has 0 saturated carbocycles. The Morgan fingerprint density at radius 1 is 0.308 bits per heavy atom. The van der Waals surface area contributed by atoms with Gasteiger partial charge in [-0.2, -0.15) is 0 Å². The standard InChI is InChI=1S/C72H140O17P2/c1-9-65(8)51-43-35-30-31-39-47-55-72(77)89-68(59-83-70(75)53-45-37-28-23-22-26-34-42-50-64(6)7)61-87-91(80,81)85-57-66(73)56-84-90(78,79)86-60-67(88-71(76)54-46-38-29-21-17-19-25-33-41-49-63(4)5)58-82-69(74)52-44-36-27-20-16-14-12-10-11-13-15-18-24-32-40-48-62(2)3/h62-68,73H,9-61H2,1-8H3,(H,78,79)(H,80,81)/t65?,66?,67-,68-/m1/s1. The van der Waals surface area contributed by atoms with Gasteiger partial charge in [0.1, 0.15) is 19.3 Å². The van der Waals surface area contributed by atoms with Gasteiger partial charge in [-0.05, 0) is 49.4 Å². The average Bonchev–Trinajstić information content (AvgIpc) is 3.68. The number of carbonyl (C=O) groups is 4. The third-order valence-electron chi connectivity index (χ3n) is 16.9. The zero-order valence-corrected chi connectivity index (χ0v) is 61.3. The molecule has 0 aliphatic carbocycles. The fraction of sp³-hybridized carbons (Fsp3) is 0.944. The fourth-order valence-electron chi connectivity index (χ4n) is 10.8. The molecule has 0 radical (unpaired) electrons. The number of hydrogen-bond acceptors (Lipinski definition) is 15. The van der Waals surface area contributed by atoms with Crippen LogP contribution in [-0.2, 0) is 65.4 Å². The molecular weight excluding hydrogens is 1200 g/mol. The van der Waals surface area contributed by atoms with Crippen molar-refractivity contribution in [3.8, 4) is 0 Å². The first-order chi connectivity index (χ1) is 43.6. The Hall–Kier alpha value is -1.94. The van der Waals surface area contributed by atoms with E-state index in [2.05, 4.69) is 55.4 Å². The predicted octanol–water partition coefficient (Wildman–Crippen LogP) is 20.5. The van der Waals surface area contributed by atoms with Gasteiger partial charge in [0.05, 0.1) is 26.4 Å². The van der Waals surface area contributed by atoms with E-state index in [1.54, 1.807) is 0 Å². The number of aliphatic hydroxyl groups is 1. The predicted molar refractivity (Wildman–Crippen MR) is 367 cm³/mol. The topological polar surface area (TPSA) is 237 Å². The van der Waals surface area contributed by atoms with Crippen molar-refractivity contribution in [2.75, 3.05) is 39.6 Å². The average molecular weight is 1340 g/mol. The summed E-state index contributed by atoms with van der Waals surface area (Å²) in [5.74, 6) is 0.859. The number of unbranched alkanes of at least 4 members (excludes halogenated alkanes) is 34. The molecule has 0 aromatic heterocycles. The maximum absolute atomic E-state index is 13.0. The minimum absolute atomic E-state index is 0.102. The molecule has 0 amide bonds. The van der Waals surface area contributed by atoms with Gasteiger partial charge in [-0.15, -0.1) is 0 Å². The van der Waals surface area contributed by atoms with E-state index in [1.165, 1.54) is 161 Å².